The van der Waals surface area contributed by atoms with Gasteiger partial charge >= 0.3 is 0 Å². The lowest BCUT2D eigenvalue weighted by Crippen LogP contribution is -2.31. The molecule has 0 spiro atoms. The van der Waals surface area contributed by atoms with Crippen LogP contribution in [-0.4, -0.2) is 15.8 Å². The van der Waals surface area contributed by atoms with E-state index in [1.807, 2.05) is 17.9 Å². The lowest BCUT2D eigenvalue weighted by molar-refractivity contribution is 0.317. The Hall–Kier alpha value is -0.990. The van der Waals surface area contributed by atoms with Crippen LogP contribution < -0.4 is 5.32 Å². The van der Waals surface area contributed by atoms with Crippen molar-refractivity contribution < 1.29 is 0 Å². The molecule has 0 unspecified atom stereocenters. The van der Waals surface area contributed by atoms with Gasteiger partial charge in [-0.3, -0.25) is 4.68 Å². The molecule has 1 aromatic heterocycles. The molecule has 1 aliphatic carbocycles. The van der Waals surface area contributed by atoms with Crippen LogP contribution in [0.2, 0.25) is 0 Å². The summed E-state index contributed by atoms with van der Waals surface area (Å²) in [4.78, 5) is 0. The van der Waals surface area contributed by atoms with Crippen LogP contribution in [0.3, 0.4) is 0 Å². The Morgan fingerprint density at radius 3 is 2.93 bits per heavy atom. The topological polar surface area (TPSA) is 29.9 Å². The number of rotatable bonds is 3. The molecular formula is C12H21N3. The summed E-state index contributed by atoms with van der Waals surface area (Å²) in [5.41, 5.74) is 1.17. The van der Waals surface area contributed by atoms with Gasteiger partial charge in [0.15, 0.2) is 0 Å². The Kier molecular flexibility index (Phi) is 3.29. The highest BCUT2D eigenvalue weighted by molar-refractivity contribution is 5.39. The molecule has 15 heavy (non-hydrogen) atoms. The molecule has 3 heteroatoms. The first kappa shape index (κ1) is 10.5. The van der Waals surface area contributed by atoms with E-state index in [1.54, 1.807) is 0 Å². The fourth-order valence-corrected chi connectivity index (χ4v) is 2.60. The van der Waals surface area contributed by atoms with Gasteiger partial charge in [-0.1, -0.05) is 26.2 Å². The summed E-state index contributed by atoms with van der Waals surface area (Å²) in [6.07, 6.45) is 10.7. The predicted molar refractivity (Wildman–Crippen MR) is 62.9 cm³/mol. The van der Waals surface area contributed by atoms with Crippen LogP contribution in [0.1, 0.15) is 39.0 Å². The van der Waals surface area contributed by atoms with E-state index in [0.29, 0.717) is 6.04 Å². The van der Waals surface area contributed by atoms with Gasteiger partial charge < -0.3 is 5.32 Å². The Bertz CT molecular complexity index is 306. The molecule has 2 rings (SSSR count). The average molecular weight is 207 g/mol. The largest absolute Gasteiger partial charge is 0.379 e. The van der Waals surface area contributed by atoms with E-state index in [4.69, 9.17) is 0 Å². The molecule has 0 bridgehead atoms. The number of aryl methyl sites for hydroxylation is 1. The van der Waals surface area contributed by atoms with Crippen molar-refractivity contribution in [3.05, 3.63) is 12.4 Å². The molecule has 3 nitrogen and oxygen atoms in total. The van der Waals surface area contributed by atoms with Gasteiger partial charge in [0.2, 0.25) is 0 Å². The zero-order valence-corrected chi connectivity index (χ0v) is 9.74. The molecule has 0 amide bonds. The molecule has 1 aliphatic rings. The number of anilines is 1. The quantitative estimate of drug-likeness (QED) is 0.826. The second-order valence-corrected chi connectivity index (χ2v) is 4.61. The van der Waals surface area contributed by atoms with Crippen molar-refractivity contribution in [1.82, 2.24) is 9.78 Å². The van der Waals surface area contributed by atoms with E-state index < -0.39 is 0 Å². The van der Waals surface area contributed by atoms with Crippen molar-refractivity contribution in [2.75, 3.05) is 5.32 Å². The molecule has 2 atom stereocenters. The molecular weight excluding hydrogens is 186 g/mol. The normalized spacial score (nSPS) is 26.5. The predicted octanol–water partition coefficient (Wildman–Crippen LogP) is 2.80. The number of nitrogens with one attached hydrogen (secondary N) is 1. The van der Waals surface area contributed by atoms with Crippen molar-refractivity contribution in [2.24, 2.45) is 13.0 Å². The Morgan fingerprint density at radius 1 is 1.47 bits per heavy atom. The summed E-state index contributed by atoms with van der Waals surface area (Å²) in [5.74, 6) is 0.846. The molecule has 0 aromatic carbocycles. The minimum Gasteiger partial charge on any atom is -0.379 e. The Balaban J connectivity index is 1.97. The van der Waals surface area contributed by atoms with Crippen LogP contribution in [0.5, 0.6) is 0 Å². The third-order valence-corrected chi connectivity index (χ3v) is 3.49. The maximum Gasteiger partial charge on any atom is 0.0728 e. The zero-order valence-electron chi connectivity index (χ0n) is 9.74. The number of hydrogen-bond acceptors (Lipinski definition) is 2. The van der Waals surface area contributed by atoms with Gasteiger partial charge in [0.05, 0.1) is 11.9 Å². The highest BCUT2D eigenvalue weighted by Gasteiger charge is 2.23. The first-order valence-corrected chi connectivity index (χ1v) is 6.04. The molecule has 1 saturated carbocycles. The Labute approximate surface area is 91.9 Å². The van der Waals surface area contributed by atoms with E-state index in [9.17, 15) is 0 Å². The van der Waals surface area contributed by atoms with E-state index in [0.717, 1.165) is 5.92 Å². The lowest BCUT2D eigenvalue weighted by atomic mass is 9.83. The molecule has 0 saturated heterocycles. The zero-order chi connectivity index (χ0) is 10.7. The smallest absolute Gasteiger partial charge is 0.0728 e. The van der Waals surface area contributed by atoms with Gasteiger partial charge in [-0.25, -0.2) is 0 Å². The maximum atomic E-state index is 4.19. The third-order valence-electron chi connectivity index (χ3n) is 3.49. The molecule has 1 fully saturated rings. The minimum atomic E-state index is 0.660. The minimum absolute atomic E-state index is 0.660. The molecule has 84 valence electrons. The van der Waals surface area contributed by atoms with E-state index in [-0.39, 0.29) is 0 Å². The molecule has 0 radical (unpaired) electrons. The van der Waals surface area contributed by atoms with Gasteiger partial charge in [0, 0.05) is 19.3 Å². The highest BCUT2D eigenvalue weighted by Crippen LogP contribution is 2.29. The van der Waals surface area contributed by atoms with Gasteiger partial charge in [-0.15, -0.1) is 0 Å². The van der Waals surface area contributed by atoms with Gasteiger partial charge in [-0.05, 0) is 18.8 Å². The van der Waals surface area contributed by atoms with Crippen LogP contribution in [0, 0.1) is 5.92 Å². The molecule has 1 aromatic rings. The highest BCUT2D eigenvalue weighted by atomic mass is 15.3. The number of hydrogen-bond donors (Lipinski definition) is 1. The summed E-state index contributed by atoms with van der Waals surface area (Å²) in [5, 5.41) is 7.81. The second kappa shape index (κ2) is 4.69. The average Bonchev–Trinajstić information content (AvgIpc) is 2.65. The molecule has 1 heterocycles. The fourth-order valence-electron chi connectivity index (χ4n) is 2.60. The summed E-state index contributed by atoms with van der Waals surface area (Å²) in [6, 6.07) is 0.660. The van der Waals surface area contributed by atoms with Gasteiger partial charge in [-0.2, -0.15) is 5.10 Å². The van der Waals surface area contributed by atoms with Crippen molar-refractivity contribution in [2.45, 2.75) is 45.1 Å². The van der Waals surface area contributed by atoms with Crippen LogP contribution in [0.15, 0.2) is 12.4 Å². The van der Waals surface area contributed by atoms with Crippen molar-refractivity contribution >= 4 is 5.69 Å². The maximum absolute atomic E-state index is 4.19. The van der Waals surface area contributed by atoms with E-state index >= 15 is 0 Å². The van der Waals surface area contributed by atoms with Crippen LogP contribution >= 0.6 is 0 Å². The lowest BCUT2D eigenvalue weighted by Gasteiger charge is -2.31. The number of nitrogens with zero attached hydrogens (tertiary/aromatic N) is 2. The third kappa shape index (κ3) is 2.52. The van der Waals surface area contributed by atoms with E-state index in [2.05, 4.69) is 23.5 Å². The SMILES string of the molecule is CC[C@@H]1CCCC[C@H]1Nc1cnn(C)c1. The standard InChI is InChI=1S/C12H21N3/c1-3-10-6-4-5-7-12(10)14-11-8-13-15(2)9-11/h8-10,12,14H,3-7H2,1-2H3/t10-,12-/m1/s1. The van der Waals surface area contributed by atoms with Crippen LogP contribution in [-0.2, 0) is 7.05 Å². The van der Waals surface area contributed by atoms with Crippen LogP contribution in [0.25, 0.3) is 0 Å². The van der Waals surface area contributed by atoms with Crippen LogP contribution in [0.4, 0.5) is 5.69 Å². The Morgan fingerprint density at radius 2 is 2.27 bits per heavy atom. The first-order chi connectivity index (χ1) is 7.29. The summed E-state index contributed by atoms with van der Waals surface area (Å²) in [6.45, 7) is 2.30. The van der Waals surface area contributed by atoms with E-state index in [1.165, 1.54) is 37.8 Å². The van der Waals surface area contributed by atoms with Crippen molar-refractivity contribution in [3.8, 4) is 0 Å². The van der Waals surface area contributed by atoms with Crippen molar-refractivity contribution in [1.29, 1.82) is 0 Å². The molecule has 0 aliphatic heterocycles. The van der Waals surface area contributed by atoms with Gasteiger partial charge in [0.25, 0.3) is 0 Å². The fraction of sp³-hybridized carbons (Fsp3) is 0.750. The molecule has 1 N–H and O–H groups in total. The monoisotopic (exact) mass is 207 g/mol. The summed E-state index contributed by atoms with van der Waals surface area (Å²) >= 11 is 0. The first-order valence-electron chi connectivity index (χ1n) is 6.04. The summed E-state index contributed by atoms with van der Waals surface area (Å²) in [7, 11) is 1.96. The second-order valence-electron chi connectivity index (χ2n) is 4.61. The van der Waals surface area contributed by atoms with Crippen molar-refractivity contribution in [3.63, 3.8) is 0 Å². The van der Waals surface area contributed by atoms with Gasteiger partial charge in [0.1, 0.15) is 0 Å². The number of aromatic nitrogens is 2. The summed E-state index contributed by atoms with van der Waals surface area (Å²) < 4.78 is 1.85.